The molecule has 1 aliphatic heterocycles. The zero-order chi connectivity index (χ0) is 16.3. The molecule has 5 atom stereocenters. The highest BCUT2D eigenvalue weighted by Crippen LogP contribution is 2.32. The number of nitrogens with one attached hydrogen (secondary N) is 1. The molecular weight excluding hydrogens is 294 g/mol. The summed E-state index contributed by atoms with van der Waals surface area (Å²) in [7, 11) is 1.37. The first-order valence-corrected chi connectivity index (χ1v) is 7.05. The van der Waals surface area contributed by atoms with Crippen LogP contribution in [-0.2, 0) is 9.47 Å². The molecule has 0 bridgehead atoms. The molecule has 9 nitrogen and oxygen atoms in total. The molecule has 1 aromatic rings. The normalized spacial score (nSPS) is 29.6. The number of H-pyrrole nitrogens is 1. The Hall–Kier alpha value is -1.52. The first-order chi connectivity index (χ1) is 10.5. The molecule has 9 heteroatoms. The number of nitrogens with two attached hydrogens (primary N) is 1. The van der Waals surface area contributed by atoms with Crippen molar-refractivity contribution >= 4 is 0 Å². The minimum atomic E-state index is -1.11. The number of rotatable bonds is 6. The van der Waals surface area contributed by atoms with Crippen molar-refractivity contribution in [2.24, 2.45) is 5.73 Å². The Balaban J connectivity index is 2.25. The van der Waals surface area contributed by atoms with Gasteiger partial charge in [0.1, 0.15) is 18.3 Å². The van der Waals surface area contributed by atoms with E-state index in [1.807, 2.05) is 0 Å². The number of methoxy groups -OCH3 is 1. The van der Waals surface area contributed by atoms with Gasteiger partial charge in [-0.15, -0.1) is 0 Å². The summed E-state index contributed by atoms with van der Waals surface area (Å²) in [4.78, 5) is 25.1. The topological polar surface area (TPSA) is 140 Å². The van der Waals surface area contributed by atoms with Gasteiger partial charge in [0.25, 0.3) is 5.56 Å². The van der Waals surface area contributed by atoms with Crippen LogP contribution in [0.5, 0.6) is 0 Å². The number of ether oxygens (including phenoxy) is 2. The molecule has 0 spiro atoms. The maximum absolute atomic E-state index is 11.9. The van der Waals surface area contributed by atoms with E-state index >= 15 is 0 Å². The summed E-state index contributed by atoms with van der Waals surface area (Å²) in [5.74, 6) is 0. The molecular formula is C13H21N3O6. The van der Waals surface area contributed by atoms with Gasteiger partial charge in [0.05, 0.1) is 6.10 Å². The lowest BCUT2D eigenvalue weighted by Crippen LogP contribution is -2.40. The van der Waals surface area contributed by atoms with Gasteiger partial charge < -0.3 is 25.4 Å². The predicted molar refractivity (Wildman–Crippen MR) is 76.3 cm³/mol. The molecule has 5 N–H and O–H groups in total. The number of nitrogens with zero attached hydrogens (tertiary/aromatic N) is 1. The van der Waals surface area contributed by atoms with Crippen LogP contribution in [-0.4, -0.2) is 57.8 Å². The van der Waals surface area contributed by atoms with Gasteiger partial charge in [0.15, 0.2) is 6.23 Å². The van der Waals surface area contributed by atoms with Crippen molar-refractivity contribution < 1.29 is 19.7 Å². The van der Waals surface area contributed by atoms with Gasteiger partial charge in [-0.1, -0.05) is 0 Å². The Kier molecular flexibility index (Phi) is 5.48. The second kappa shape index (κ2) is 7.16. The van der Waals surface area contributed by atoms with E-state index in [1.165, 1.54) is 19.4 Å². The van der Waals surface area contributed by atoms with Crippen molar-refractivity contribution in [1.82, 2.24) is 9.55 Å². The van der Waals surface area contributed by atoms with E-state index in [1.54, 1.807) is 0 Å². The van der Waals surface area contributed by atoms with Gasteiger partial charge in [-0.25, -0.2) is 4.79 Å². The Morgan fingerprint density at radius 1 is 1.55 bits per heavy atom. The smallest absolute Gasteiger partial charge is 0.330 e. The van der Waals surface area contributed by atoms with E-state index in [2.05, 4.69) is 4.98 Å². The Labute approximate surface area is 126 Å². The van der Waals surface area contributed by atoms with Crippen LogP contribution in [0.15, 0.2) is 21.9 Å². The van der Waals surface area contributed by atoms with E-state index in [9.17, 15) is 19.8 Å². The van der Waals surface area contributed by atoms with Crippen molar-refractivity contribution in [2.45, 2.75) is 43.5 Å². The third kappa shape index (κ3) is 3.28. The van der Waals surface area contributed by atoms with Crippen LogP contribution in [0, 0.1) is 0 Å². The molecule has 0 aromatic carbocycles. The van der Waals surface area contributed by atoms with E-state index in [0.717, 1.165) is 4.57 Å². The molecule has 22 heavy (non-hydrogen) atoms. The minimum absolute atomic E-state index is 0.363. The van der Waals surface area contributed by atoms with Gasteiger partial charge in [0, 0.05) is 19.4 Å². The largest absolute Gasteiger partial charge is 0.390 e. The molecule has 0 radical (unpaired) electrons. The van der Waals surface area contributed by atoms with Crippen LogP contribution in [0.1, 0.15) is 19.1 Å². The SMILES string of the molecule is COC1C(O)[C@@H]([C@H](O)CCCN)O[C@H]1n1ccc(=O)[nH]c1=O. The number of hydrogen-bond donors (Lipinski definition) is 4. The molecule has 0 amide bonds. The number of aromatic nitrogens is 2. The maximum atomic E-state index is 11.9. The van der Waals surface area contributed by atoms with Gasteiger partial charge in [-0.3, -0.25) is 14.3 Å². The highest BCUT2D eigenvalue weighted by atomic mass is 16.6. The average Bonchev–Trinajstić information content (AvgIpc) is 2.81. The van der Waals surface area contributed by atoms with Crippen LogP contribution < -0.4 is 17.0 Å². The lowest BCUT2D eigenvalue weighted by molar-refractivity contribution is -0.0894. The zero-order valence-electron chi connectivity index (χ0n) is 12.2. The fourth-order valence-electron chi connectivity index (χ4n) is 2.59. The predicted octanol–water partition coefficient (Wildman–Crippen LogP) is -2.09. The van der Waals surface area contributed by atoms with Crippen LogP contribution in [0.4, 0.5) is 0 Å². The highest BCUT2D eigenvalue weighted by molar-refractivity contribution is 4.96. The summed E-state index contributed by atoms with van der Waals surface area (Å²) in [5.41, 5.74) is 4.19. The minimum Gasteiger partial charge on any atom is -0.390 e. The second-order valence-electron chi connectivity index (χ2n) is 5.20. The first kappa shape index (κ1) is 16.8. The number of aliphatic hydroxyl groups is 2. The van der Waals surface area contributed by atoms with Crippen molar-refractivity contribution in [3.63, 3.8) is 0 Å². The monoisotopic (exact) mass is 315 g/mol. The summed E-state index contributed by atoms with van der Waals surface area (Å²) in [6.45, 7) is 0.413. The highest BCUT2D eigenvalue weighted by Gasteiger charge is 2.48. The maximum Gasteiger partial charge on any atom is 0.330 e. The number of aliphatic hydroxyl groups excluding tert-OH is 2. The molecule has 2 unspecified atom stereocenters. The number of aromatic amines is 1. The van der Waals surface area contributed by atoms with Crippen LogP contribution in [0.25, 0.3) is 0 Å². The van der Waals surface area contributed by atoms with Gasteiger partial charge in [-0.2, -0.15) is 0 Å². The van der Waals surface area contributed by atoms with Crippen molar-refractivity contribution in [1.29, 1.82) is 0 Å². The fraction of sp³-hybridized carbons (Fsp3) is 0.692. The van der Waals surface area contributed by atoms with Crippen molar-refractivity contribution in [3.05, 3.63) is 33.1 Å². The Morgan fingerprint density at radius 2 is 2.27 bits per heavy atom. The third-order valence-electron chi connectivity index (χ3n) is 3.73. The molecule has 1 fully saturated rings. The number of hydrogen-bond acceptors (Lipinski definition) is 7. The summed E-state index contributed by atoms with van der Waals surface area (Å²) in [6.07, 6.45) is -2.53. The van der Waals surface area contributed by atoms with Gasteiger partial charge >= 0.3 is 5.69 Å². The van der Waals surface area contributed by atoms with E-state index < -0.39 is 41.9 Å². The molecule has 1 aromatic heterocycles. The summed E-state index contributed by atoms with van der Waals surface area (Å²) in [5, 5.41) is 20.4. The molecule has 0 saturated carbocycles. The molecule has 2 rings (SSSR count). The zero-order valence-corrected chi connectivity index (χ0v) is 12.2. The van der Waals surface area contributed by atoms with E-state index in [0.29, 0.717) is 19.4 Å². The molecule has 1 aliphatic rings. The van der Waals surface area contributed by atoms with Crippen LogP contribution in [0.2, 0.25) is 0 Å². The Morgan fingerprint density at radius 3 is 2.86 bits per heavy atom. The van der Waals surface area contributed by atoms with Crippen LogP contribution >= 0.6 is 0 Å². The third-order valence-corrected chi connectivity index (χ3v) is 3.73. The fourth-order valence-corrected chi connectivity index (χ4v) is 2.59. The van der Waals surface area contributed by atoms with Crippen LogP contribution in [0.3, 0.4) is 0 Å². The van der Waals surface area contributed by atoms with E-state index in [4.69, 9.17) is 15.2 Å². The summed E-state index contributed by atoms with van der Waals surface area (Å²) in [6, 6.07) is 1.17. The summed E-state index contributed by atoms with van der Waals surface area (Å²) < 4.78 is 11.9. The molecule has 1 saturated heterocycles. The molecule has 124 valence electrons. The molecule has 2 heterocycles. The van der Waals surface area contributed by atoms with Gasteiger partial charge in [-0.05, 0) is 19.4 Å². The lowest BCUT2D eigenvalue weighted by Gasteiger charge is -2.21. The second-order valence-corrected chi connectivity index (χ2v) is 5.20. The molecule has 0 aliphatic carbocycles. The summed E-state index contributed by atoms with van der Waals surface area (Å²) >= 11 is 0. The van der Waals surface area contributed by atoms with Crippen molar-refractivity contribution in [2.75, 3.05) is 13.7 Å². The van der Waals surface area contributed by atoms with Gasteiger partial charge in [0.2, 0.25) is 0 Å². The quantitative estimate of drug-likeness (QED) is 0.472. The lowest BCUT2D eigenvalue weighted by atomic mass is 10.0. The van der Waals surface area contributed by atoms with E-state index in [-0.39, 0.29) is 0 Å². The Bertz CT molecular complexity index is 600. The van der Waals surface area contributed by atoms with Crippen molar-refractivity contribution in [3.8, 4) is 0 Å². The average molecular weight is 315 g/mol. The first-order valence-electron chi connectivity index (χ1n) is 7.05. The standard InChI is InChI=1S/C13H21N3O6/c1-21-11-9(19)10(7(17)3-2-5-14)22-12(11)16-6-4-8(18)15-13(16)20/h4,6-7,9-12,17,19H,2-3,5,14H2,1H3,(H,15,18,20)/t7-,9?,10-,11?,12-/m1/s1.